The third-order valence-corrected chi connectivity index (χ3v) is 6.34. The Morgan fingerprint density at radius 1 is 1.38 bits per heavy atom. The van der Waals surface area contributed by atoms with Crippen molar-refractivity contribution in [2.75, 3.05) is 19.6 Å². The second-order valence-corrected chi connectivity index (χ2v) is 8.53. The van der Waals surface area contributed by atoms with Crippen LogP contribution >= 0.6 is 0 Å². The fourth-order valence-electron chi connectivity index (χ4n) is 2.92. The molecule has 2 aromatic rings. The first-order valence-corrected chi connectivity index (χ1v) is 10.2. The fourth-order valence-corrected chi connectivity index (χ4v) is 4.32. The number of nitrogens with zero attached hydrogens (tertiary/aromatic N) is 3. The van der Waals surface area contributed by atoms with Gasteiger partial charge in [0.05, 0.1) is 12.6 Å². The number of sulfonamides is 1. The number of carbonyl (C=O) groups excluding carboxylic acids is 1. The maximum Gasteiger partial charge on any atom is 0.262 e. The van der Waals surface area contributed by atoms with Gasteiger partial charge in [-0.3, -0.25) is 4.79 Å². The molecule has 0 unspecified atom stereocenters. The maximum atomic E-state index is 12.6. The highest BCUT2D eigenvalue weighted by Crippen LogP contribution is 2.22. The van der Waals surface area contributed by atoms with Crippen LogP contribution in [-0.2, 0) is 27.8 Å². The first-order valence-electron chi connectivity index (χ1n) is 8.76. The smallest absolute Gasteiger partial charge is 0.262 e. The van der Waals surface area contributed by atoms with E-state index in [9.17, 15) is 13.2 Å². The van der Waals surface area contributed by atoms with Crippen molar-refractivity contribution in [3.8, 4) is 0 Å². The van der Waals surface area contributed by atoms with Crippen LogP contribution < -0.4 is 5.32 Å². The summed E-state index contributed by atoms with van der Waals surface area (Å²) >= 11 is 0. The van der Waals surface area contributed by atoms with Gasteiger partial charge in [0.25, 0.3) is 10.0 Å². The average Bonchev–Trinajstić information content (AvgIpc) is 3.27. The Morgan fingerprint density at radius 3 is 2.85 bits per heavy atom. The molecule has 1 aliphatic heterocycles. The summed E-state index contributed by atoms with van der Waals surface area (Å²) in [5.74, 6) is 1.14. The highest BCUT2D eigenvalue weighted by molar-refractivity contribution is 7.89. The van der Waals surface area contributed by atoms with Crippen LogP contribution in [0.5, 0.6) is 0 Å². The Morgan fingerprint density at radius 2 is 2.15 bits per heavy atom. The van der Waals surface area contributed by atoms with Gasteiger partial charge in [0.1, 0.15) is 12.3 Å². The van der Waals surface area contributed by atoms with E-state index in [1.807, 2.05) is 6.07 Å². The third-order valence-electron chi connectivity index (χ3n) is 4.56. The molecule has 2 aromatic heterocycles. The van der Waals surface area contributed by atoms with E-state index in [1.165, 1.54) is 21.4 Å². The Hall–Kier alpha value is -2.13. The molecular weight excluding hydrogens is 356 g/mol. The van der Waals surface area contributed by atoms with Gasteiger partial charge in [-0.25, -0.2) is 13.4 Å². The minimum atomic E-state index is -3.59. The minimum absolute atomic E-state index is 0.00422. The SMILES string of the molecule is CC1CCN(S(=O)(=O)c2cn(CC(=O)NCCc3ccco3)cn2)CC1. The van der Waals surface area contributed by atoms with Crippen LogP contribution in [0.15, 0.2) is 40.4 Å². The van der Waals surface area contributed by atoms with Crippen LogP contribution in [0.3, 0.4) is 0 Å². The number of imidazole rings is 1. The summed E-state index contributed by atoms with van der Waals surface area (Å²) < 4.78 is 33.4. The average molecular weight is 380 g/mol. The zero-order valence-corrected chi connectivity index (χ0v) is 15.6. The molecule has 0 saturated carbocycles. The highest BCUT2D eigenvalue weighted by atomic mass is 32.2. The van der Waals surface area contributed by atoms with E-state index >= 15 is 0 Å². The molecular formula is C17H24N4O4S. The third kappa shape index (κ3) is 4.53. The van der Waals surface area contributed by atoms with E-state index in [4.69, 9.17) is 4.42 Å². The summed E-state index contributed by atoms with van der Waals surface area (Å²) in [6.45, 7) is 3.65. The van der Waals surface area contributed by atoms with Crippen LogP contribution in [0.4, 0.5) is 0 Å². The maximum absolute atomic E-state index is 12.6. The lowest BCUT2D eigenvalue weighted by Gasteiger charge is -2.28. The number of aromatic nitrogens is 2. The molecule has 1 saturated heterocycles. The quantitative estimate of drug-likeness (QED) is 0.780. The highest BCUT2D eigenvalue weighted by Gasteiger charge is 2.29. The number of amides is 1. The molecule has 0 bridgehead atoms. The van der Waals surface area contributed by atoms with E-state index in [1.54, 1.807) is 12.3 Å². The van der Waals surface area contributed by atoms with Gasteiger partial charge in [-0.1, -0.05) is 6.92 Å². The molecule has 8 nitrogen and oxygen atoms in total. The van der Waals surface area contributed by atoms with Crippen molar-refractivity contribution in [1.82, 2.24) is 19.2 Å². The molecule has 3 heterocycles. The zero-order valence-electron chi connectivity index (χ0n) is 14.8. The summed E-state index contributed by atoms with van der Waals surface area (Å²) in [5.41, 5.74) is 0. The molecule has 0 radical (unpaired) electrons. The molecule has 26 heavy (non-hydrogen) atoms. The normalized spacial score (nSPS) is 16.7. The second-order valence-electron chi connectivity index (χ2n) is 6.65. The van der Waals surface area contributed by atoms with Crippen molar-refractivity contribution in [3.05, 3.63) is 36.7 Å². The van der Waals surface area contributed by atoms with Gasteiger partial charge in [0, 0.05) is 32.3 Å². The van der Waals surface area contributed by atoms with E-state index in [-0.39, 0.29) is 17.5 Å². The molecule has 3 rings (SSSR count). The van der Waals surface area contributed by atoms with Crippen molar-refractivity contribution in [1.29, 1.82) is 0 Å². The minimum Gasteiger partial charge on any atom is -0.469 e. The topological polar surface area (TPSA) is 97.4 Å². The molecule has 0 aliphatic carbocycles. The predicted octanol–water partition coefficient (Wildman–Crippen LogP) is 1.26. The van der Waals surface area contributed by atoms with E-state index < -0.39 is 10.0 Å². The molecule has 1 N–H and O–H groups in total. The van der Waals surface area contributed by atoms with Crippen molar-refractivity contribution < 1.29 is 17.6 Å². The molecule has 0 aromatic carbocycles. The van der Waals surface area contributed by atoms with Crippen LogP contribution in [0.2, 0.25) is 0 Å². The summed E-state index contributed by atoms with van der Waals surface area (Å²) in [4.78, 5) is 16.0. The summed E-state index contributed by atoms with van der Waals surface area (Å²) in [7, 11) is -3.59. The van der Waals surface area contributed by atoms with E-state index in [0.29, 0.717) is 32.0 Å². The molecule has 142 valence electrons. The largest absolute Gasteiger partial charge is 0.469 e. The standard InChI is InChI=1S/C17H24N4O4S/c1-14-5-8-21(9-6-14)26(23,24)17-12-20(13-19-17)11-16(22)18-7-4-15-3-2-10-25-15/h2-3,10,12-14H,4-9,11H2,1H3,(H,18,22). The molecule has 0 spiro atoms. The lowest BCUT2D eigenvalue weighted by atomic mass is 10.0. The number of hydrogen-bond acceptors (Lipinski definition) is 5. The monoisotopic (exact) mass is 380 g/mol. The molecule has 9 heteroatoms. The Labute approximate surface area is 153 Å². The van der Waals surface area contributed by atoms with Gasteiger partial charge < -0.3 is 14.3 Å². The summed E-state index contributed by atoms with van der Waals surface area (Å²) in [5, 5.41) is 2.77. The molecule has 1 amide bonds. The number of rotatable bonds is 7. The van der Waals surface area contributed by atoms with Gasteiger partial charge >= 0.3 is 0 Å². The lowest BCUT2D eigenvalue weighted by molar-refractivity contribution is -0.121. The van der Waals surface area contributed by atoms with Crippen molar-refractivity contribution in [2.24, 2.45) is 5.92 Å². The predicted molar refractivity (Wildman–Crippen MR) is 94.8 cm³/mol. The van der Waals surface area contributed by atoms with Gasteiger partial charge in [0.2, 0.25) is 5.91 Å². The second kappa shape index (κ2) is 8.05. The van der Waals surface area contributed by atoms with Crippen molar-refractivity contribution >= 4 is 15.9 Å². The first-order chi connectivity index (χ1) is 12.4. The lowest BCUT2D eigenvalue weighted by Crippen LogP contribution is -2.38. The number of hydrogen-bond donors (Lipinski definition) is 1. The van der Waals surface area contributed by atoms with Crippen molar-refractivity contribution in [3.63, 3.8) is 0 Å². The van der Waals surface area contributed by atoms with E-state index in [2.05, 4.69) is 17.2 Å². The summed E-state index contributed by atoms with van der Waals surface area (Å²) in [6, 6.07) is 3.65. The summed E-state index contributed by atoms with van der Waals surface area (Å²) in [6.07, 6.45) is 6.71. The molecule has 0 atom stereocenters. The zero-order chi connectivity index (χ0) is 18.6. The number of carbonyl (C=O) groups is 1. The van der Waals surface area contributed by atoms with Crippen molar-refractivity contribution in [2.45, 2.75) is 37.8 Å². The van der Waals surface area contributed by atoms with Gasteiger partial charge in [-0.2, -0.15) is 4.31 Å². The fraction of sp³-hybridized carbons (Fsp3) is 0.529. The number of nitrogens with one attached hydrogen (secondary N) is 1. The Kier molecular flexibility index (Phi) is 5.77. The first kappa shape index (κ1) is 18.7. The number of piperidine rings is 1. The van der Waals surface area contributed by atoms with Gasteiger partial charge in [0.15, 0.2) is 5.03 Å². The van der Waals surface area contributed by atoms with E-state index in [0.717, 1.165) is 18.6 Å². The van der Waals surface area contributed by atoms with Crippen LogP contribution in [0.25, 0.3) is 0 Å². The van der Waals surface area contributed by atoms with Crippen LogP contribution in [0, 0.1) is 5.92 Å². The Bertz CT molecular complexity index is 821. The van der Waals surface area contributed by atoms with Crippen LogP contribution in [-0.4, -0.2) is 47.8 Å². The number of furan rings is 1. The van der Waals surface area contributed by atoms with Gasteiger partial charge in [-0.15, -0.1) is 0 Å². The molecule has 1 fully saturated rings. The molecule has 1 aliphatic rings. The Balaban J connectivity index is 1.52. The van der Waals surface area contributed by atoms with Gasteiger partial charge in [-0.05, 0) is 30.9 Å². The van der Waals surface area contributed by atoms with Crippen LogP contribution in [0.1, 0.15) is 25.5 Å².